The highest BCUT2D eigenvalue weighted by molar-refractivity contribution is 5.74. The van der Waals surface area contributed by atoms with E-state index in [1.165, 1.54) is 43.4 Å². The Hall–Kier alpha value is -3.37. The molecular weight excluding hydrogens is 392 g/mol. The summed E-state index contributed by atoms with van der Waals surface area (Å²) in [7, 11) is 0. The van der Waals surface area contributed by atoms with Crippen molar-refractivity contribution in [2.24, 2.45) is 10.9 Å². The molecule has 2 aliphatic carbocycles. The predicted molar refractivity (Wildman–Crippen MR) is 124 cm³/mol. The first kappa shape index (κ1) is 19.3. The van der Waals surface area contributed by atoms with E-state index in [9.17, 15) is 10.5 Å². The summed E-state index contributed by atoms with van der Waals surface area (Å²) in [5, 5.41) is 20.6. The van der Waals surface area contributed by atoms with Crippen molar-refractivity contribution < 1.29 is 0 Å². The number of fused-ring (bicyclic) bond motifs is 3. The van der Waals surface area contributed by atoms with Gasteiger partial charge >= 0.3 is 0 Å². The Morgan fingerprint density at radius 1 is 0.969 bits per heavy atom. The topological polar surface area (TPSA) is 63.2 Å². The lowest BCUT2D eigenvalue weighted by atomic mass is 9.62. The number of anilines is 1. The van der Waals surface area contributed by atoms with Crippen molar-refractivity contribution in [2.75, 3.05) is 4.90 Å². The van der Waals surface area contributed by atoms with Crippen LogP contribution in [0.25, 0.3) is 5.57 Å². The van der Waals surface area contributed by atoms with Gasteiger partial charge in [-0.05, 0) is 68.2 Å². The fourth-order valence-electron chi connectivity index (χ4n) is 6.81. The molecule has 2 aliphatic heterocycles. The molecule has 3 atom stereocenters. The standard InChI is InChI=1S/C28H26N4/c29-17-21(18-30)20-13-14-24-26(16-20)32-25-12-5-4-10-22(25)27(19-8-2-1-3-9-19)23-11-6-7-15-28(23,32)31-24/h1-3,8-9,13-14,16,23,27H,4-7,10-12,15H2. The molecule has 2 aromatic rings. The summed E-state index contributed by atoms with van der Waals surface area (Å²) < 4.78 is 0. The van der Waals surface area contributed by atoms with Crippen LogP contribution in [0.5, 0.6) is 0 Å². The fraction of sp³-hybridized carbons (Fsp3) is 0.393. The molecule has 1 fully saturated rings. The molecule has 4 nitrogen and oxygen atoms in total. The van der Waals surface area contributed by atoms with Crippen LogP contribution in [0.3, 0.4) is 0 Å². The first-order valence-corrected chi connectivity index (χ1v) is 11.9. The van der Waals surface area contributed by atoms with Gasteiger partial charge in [-0.2, -0.15) is 10.5 Å². The Bertz CT molecular complexity index is 1310. The molecule has 158 valence electrons. The average Bonchev–Trinajstić information content (AvgIpc) is 3.17. The molecule has 1 spiro atoms. The molecule has 0 N–H and O–H groups in total. The molecule has 0 saturated heterocycles. The predicted octanol–water partition coefficient (Wildman–Crippen LogP) is 4.84. The normalized spacial score (nSPS) is 27.8. The zero-order chi connectivity index (χ0) is 21.7. The van der Waals surface area contributed by atoms with Crippen LogP contribution in [0.1, 0.15) is 62.8 Å². The second kappa shape index (κ2) is 7.35. The van der Waals surface area contributed by atoms with Crippen LogP contribution >= 0.6 is 0 Å². The molecule has 6 rings (SSSR count). The number of hydrogen-bond acceptors (Lipinski definition) is 4. The van der Waals surface area contributed by atoms with Gasteiger partial charge in [-0.1, -0.05) is 42.8 Å². The lowest BCUT2D eigenvalue weighted by molar-refractivity contribution is 0.156. The van der Waals surface area contributed by atoms with Gasteiger partial charge in [-0.3, -0.25) is 4.99 Å². The summed E-state index contributed by atoms with van der Waals surface area (Å²) in [6.07, 6.45) is 9.39. The zero-order valence-electron chi connectivity index (χ0n) is 18.2. The molecule has 0 bridgehead atoms. The smallest absolute Gasteiger partial charge is 0.140 e. The second-order valence-electron chi connectivity index (χ2n) is 9.55. The fourth-order valence-corrected chi connectivity index (χ4v) is 6.81. The van der Waals surface area contributed by atoms with Gasteiger partial charge in [0, 0.05) is 22.8 Å². The van der Waals surface area contributed by atoms with E-state index < -0.39 is 0 Å². The molecule has 0 radical (unpaired) electrons. The van der Waals surface area contributed by atoms with Crippen LogP contribution in [0, 0.1) is 28.6 Å². The maximum absolute atomic E-state index is 9.44. The summed E-state index contributed by atoms with van der Waals surface area (Å²) in [6, 6.07) is 21.2. The van der Waals surface area contributed by atoms with E-state index in [2.05, 4.69) is 47.4 Å². The van der Waals surface area contributed by atoms with Gasteiger partial charge in [0.1, 0.15) is 23.4 Å². The van der Waals surface area contributed by atoms with Crippen LogP contribution in [-0.4, -0.2) is 5.66 Å². The molecule has 4 aliphatic rings. The van der Waals surface area contributed by atoms with Crippen LogP contribution in [-0.2, 0) is 0 Å². The Morgan fingerprint density at radius 2 is 1.78 bits per heavy atom. The Kier molecular flexibility index (Phi) is 4.44. The first-order chi connectivity index (χ1) is 15.8. The largest absolute Gasteiger partial charge is 0.318 e. The summed E-state index contributed by atoms with van der Waals surface area (Å²) >= 11 is 0. The first-order valence-electron chi connectivity index (χ1n) is 11.9. The minimum absolute atomic E-state index is 0.172. The van der Waals surface area contributed by atoms with Gasteiger partial charge in [0.15, 0.2) is 0 Å². The Labute approximate surface area is 188 Å². The van der Waals surface area contributed by atoms with Crippen molar-refractivity contribution in [3.63, 3.8) is 0 Å². The zero-order valence-corrected chi connectivity index (χ0v) is 18.2. The number of hydrogen-bond donors (Lipinski definition) is 0. The molecule has 32 heavy (non-hydrogen) atoms. The van der Waals surface area contributed by atoms with Gasteiger partial charge in [-0.25, -0.2) is 0 Å². The van der Waals surface area contributed by atoms with Crippen molar-refractivity contribution in [3.8, 4) is 12.1 Å². The van der Waals surface area contributed by atoms with E-state index in [1.54, 1.807) is 5.57 Å². The number of nitrogens with zero attached hydrogens (tertiary/aromatic N) is 4. The van der Waals surface area contributed by atoms with Crippen molar-refractivity contribution in [2.45, 2.75) is 62.9 Å². The number of nitriles is 2. The van der Waals surface area contributed by atoms with E-state index in [-0.39, 0.29) is 11.2 Å². The van der Waals surface area contributed by atoms with Crippen molar-refractivity contribution in [3.05, 3.63) is 75.9 Å². The minimum Gasteiger partial charge on any atom is -0.318 e. The summed E-state index contributed by atoms with van der Waals surface area (Å²) in [6.45, 7) is 0. The molecule has 1 saturated carbocycles. The van der Waals surface area contributed by atoms with E-state index in [0.29, 0.717) is 17.1 Å². The van der Waals surface area contributed by atoms with E-state index >= 15 is 0 Å². The molecule has 2 heterocycles. The van der Waals surface area contributed by atoms with Gasteiger partial charge in [0.05, 0.1) is 11.0 Å². The van der Waals surface area contributed by atoms with Crippen LogP contribution < -0.4 is 15.5 Å². The maximum Gasteiger partial charge on any atom is 0.140 e. The van der Waals surface area contributed by atoms with Crippen molar-refractivity contribution >= 4 is 11.3 Å². The molecule has 4 heteroatoms. The van der Waals surface area contributed by atoms with Gasteiger partial charge < -0.3 is 4.90 Å². The maximum atomic E-state index is 9.44. The van der Waals surface area contributed by atoms with Crippen LogP contribution in [0.4, 0.5) is 5.69 Å². The third kappa shape index (κ3) is 2.63. The highest BCUT2D eigenvalue weighted by atomic mass is 15.4. The Morgan fingerprint density at radius 3 is 2.59 bits per heavy atom. The molecule has 3 unspecified atom stereocenters. The highest BCUT2D eigenvalue weighted by Gasteiger charge is 2.57. The molecular formula is C28H26N4. The Balaban J connectivity index is 1.63. The van der Waals surface area contributed by atoms with Crippen LogP contribution in [0.2, 0.25) is 0 Å². The number of allylic oxidation sites excluding steroid dienone is 2. The lowest BCUT2D eigenvalue weighted by Gasteiger charge is -2.56. The van der Waals surface area contributed by atoms with Gasteiger partial charge in [-0.15, -0.1) is 0 Å². The quantitative estimate of drug-likeness (QED) is 0.666. The monoisotopic (exact) mass is 418 g/mol. The lowest BCUT2D eigenvalue weighted by Crippen LogP contribution is -2.57. The summed E-state index contributed by atoms with van der Waals surface area (Å²) in [4.78, 5) is 8.03. The van der Waals surface area contributed by atoms with Crippen molar-refractivity contribution in [1.29, 1.82) is 10.5 Å². The summed E-state index contributed by atoms with van der Waals surface area (Å²) in [5.74, 6) is 0.877. The third-order valence-electron chi connectivity index (χ3n) is 8.02. The highest BCUT2D eigenvalue weighted by Crippen LogP contribution is 2.59. The van der Waals surface area contributed by atoms with Gasteiger partial charge in [0.2, 0.25) is 0 Å². The third-order valence-corrected chi connectivity index (χ3v) is 8.02. The van der Waals surface area contributed by atoms with E-state index in [4.69, 9.17) is 4.99 Å². The average molecular weight is 419 g/mol. The molecule has 0 amide bonds. The minimum atomic E-state index is -0.241. The molecule has 2 aromatic carbocycles. The number of rotatable bonds is 1. The van der Waals surface area contributed by atoms with E-state index in [1.807, 2.05) is 18.2 Å². The molecule has 0 aromatic heterocycles. The second-order valence-corrected chi connectivity index (χ2v) is 9.55. The van der Waals surface area contributed by atoms with Crippen LogP contribution in [0.15, 0.2) is 64.8 Å². The SMILES string of the molecule is N#CC(C#N)=c1ccc2c(c1)N1C3=C(CCCC3)C(c3ccccc3)C3CCCCC31N=2. The van der Waals surface area contributed by atoms with E-state index in [0.717, 1.165) is 30.3 Å². The van der Waals surface area contributed by atoms with Crippen molar-refractivity contribution in [1.82, 2.24) is 0 Å². The number of benzene rings is 2. The van der Waals surface area contributed by atoms with Gasteiger partial charge in [0.25, 0.3) is 0 Å². The summed E-state index contributed by atoms with van der Waals surface area (Å²) in [5.41, 5.74) is 5.52.